The highest BCUT2D eigenvalue weighted by Crippen LogP contribution is 2.38. The third kappa shape index (κ3) is 4.35. The number of aromatic nitrogens is 3. The third-order valence-corrected chi connectivity index (χ3v) is 6.11. The molecule has 4 rings (SSSR count). The number of amides is 3. The quantitative estimate of drug-likeness (QED) is 0.677. The molecule has 1 aliphatic heterocycles. The molecule has 1 saturated heterocycles. The molecule has 9 nitrogen and oxygen atoms in total. The summed E-state index contributed by atoms with van der Waals surface area (Å²) in [5.74, 6) is -0.198. The van der Waals surface area contributed by atoms with E-state index in [1.807, 2.05) is 19.9 Å². The molecule has 0 spiro atoms. The second kappa shape index (κ2) is 8.95. The van der Waals surface area contributed by atoms with Gasteiger partial charge < -0.3 is 9.84 Å². The molecule has 1 saturated carbocycles. The summed E-state index contributed by atoms with van der Waals surface area (Å²) in [6.45, 7) is 3.99. The molecule has 3 heterocycles. The van der Waals surface area contributed by atoms with Gasteiger partial charge in [-0.3, -0.25) is 24.3 Å². The van der Waals surface area contributed by atoms with Crippen LogP contribution in [-0.2, 0) is 14.4 Å². The molecule has 164 valence electrons. The topological polar surface area (TPSA) is 118 Å². The maximum atomic E-state index is 12.6. The molecule has 1 aliphatic carbocycles. The number of carbonyl (C=O) groups is 3. The SMILES string of the molecule is CC(C)C(NC(=O)CCN1C(=O)C2CCCCC2C1=O)c1nc(-c2cccnc2)no1. The van der Waals surface area contributed by atoms with Crippen LogP contribution in [0.3, 0.4) is 0 Å². The van der Waals surface area contributed by atoms with Gasteiger partial charge in [0.2, 0.25) is 29.4 Å². The number of hydrogen-bond donors (Lipinski definition) is 1. The Morgan fingerprint density at radius 3 is 2.55 bits per heavy atom. The van der Waals surface area contributed by atoms with Crippen LogP contribution in [0.1, 0.15) is 57.9 Å². The molecular formula is C22H27N5O4. The van der Waals surface area contributed by atoms with Gasteiger partial charge in [0.15, 0.2) is 0 Å². The van der Waals surface area contributed by atoms with E-state index < -0.39 is 6.04 Å². The summed E-state index contributed by atoms with van der Waals surface area (Å²) in [5.41, 5.74) is 0.721. The molecule has 0 bridgehead atoms. The van der Waals surface area contributed by atoms with Gasteiger partial charge in [-0.15, -0.1) is 0 Å². The molecule has 2 aromatic rings. The molecule has 31 heavy (non-hydrogen) atoms. The molecule has 2 aliphatic rings. The predicted molar refractivity (Wildman–Crippen MR) is 110 cm³/mol. The maximum absolute atomic E-state index is 12.6. The molecule has 3 atom stereocenters. The molecule has 1 N–H and O–H groups in total. The van der Waals surface area contributed by atoms with Crippen LogP contribution >= 0.6 is 0 Å². The highest BCUT2D eigenvalue weighted by molar-refractivity contribution is 6.05. The number of likely N-dealkylation sites (tertiary alicyclic amines) is 1. The maximum Gasteiger partial charge on any atom is 0.249 e. The Labute approximate surface area is 180 Å². The number of rotatable bonds is 7. The average molecular weight is 425 g/mol. The monoisotopic (exact) mass is 425 g/mol. The Balaban J connectivity index is 1.38. The first kappa shape index (κ1) is 21.1. The average Bonchev–Trinajstić information content (AvgIpc) is 3.35. The van der Waals surface area contributed by atoms with Crippen LogP contribution in [0.2, 0.25) is 0 Å². The molecule has 2 fully saturated rings. The Morgan fingerprint density at radius 1 is 1.23 bits per heavy atom. The fraction of sp³-hybridized carbons (Fsp3) is 0.545. The van der Waals surface area contributed by atoms with Crippen LogP contribution in [0.5, 0.6) is 0 Å². The van der Waals surface area contributed by atoms with E-state index in [2.05, 4.69) is 20.4 Å². The van der Waals surface area contributed by atoms with Crippen molar-refractivity contribution < 1.29 is 18.9 Å². The van der Waals surface area contributed by atoms with Gasteiger partial charge in [-0.1, -0.05) is 31.8 Å². The van der Waals surface area contributed by atoms with Crippen LogP contribution in [0.4, 0.5) is 0 Å². The van der Waals surface area contributed by atoms with Crippen molar-refractivity contribution in [3.63, 3.8) is 0 Å². The molecule has 0 radical (unpaired) electrons. The zero-order valence-electron chi connectivity index (χ0n) is 17.8. The Morgan fingerprint density at radius 2 is 1.94 bits per heavy atom. The van der Waals surface area contributed by atoms with E-state index in [0.717, 1.165) is 31.2 Å². The molecule has 0 aromatic carbocycles. The van der Waals surface area contributed by atoms with E-state index in [1.54, 1.807) is 18.5 Å². The van der Waals surface area contributed by atoms with Gasteiger partial charge in [-0.2, -0.15) is 4.98 Å². The standard InChI is InChI=1S/C22H27N5O4/c1-13(2)18(20-25-19(26-31-20)14-6-5-10-23-12-14)24-17(28)9-11-27-21(29)15-7-3-4-8-16(15)22(27)30/h5-6,10,12-13,15-16,18H,3-4,7-9,11H2,1-2H3,(H,24,28). The summed E-state index contributed by atoms with van der Waals surface area (Å²) < 4.78 is 5.40. The van der Waals surface area contributed by atoms with Gasteiger partial charge in [-0.05, 0) is 30.9 Å². The molecular weight excluding hydrogens is 398 g/mol. The normalized spacial score (nSPS) is 22.0. The molecule has 9 heteroatoms. The van der Waals surface area contributed by atoms with E-state index in [0.29, 0.717) is 11.7 Å². The van der Waals surface area contributed by atoms with E-state index in [4.69, 9.17) is 4.52 Å². The summed E-state index contributed by atoms with van der Waals surface area (Å²) in [6.07, 6.45) is 6.84. The van der Waals surface area contributed by atoms with Crippen molar-refractivity contribution in [1.82, 2.24) is 25.3 Å². The van der Waals surface area contributed by atoms with Crippen molar-refractivity contribution in [2.75, 3.05) is 6.54 Å². The van der Waals surface area contributed by atoms with Crippen LogP contribution < -0.4 is 5.32 Å². The van der Waals surface area contributed by atoms with E-state index >= 15 is 0 Å². The first-order valence-corrected chi connectivity index (χ1v) is 10.8. The van der Waals surface area contributed by atoms with Gasteiger partial charge in [0.25, 0.3) is 0 Å². The lowest BCUT2D eigenvalue weighted by Gasteiger charge is -2.20. The smallest absolute Gasteiger partial charge is 0.249 e. The fourth-order valence-corrected chi connectivity index (χ4v) is 4.40. The number of carbonyl (C=O) groups excluding carboxylic acids is 3. The summed E-state index contributed by atoms with van der Waals surface area (Å²) in [5, 5.41) is 6.91. The number of nitrogens with zero attached hydrogens (tertiary/aromatic N) is 4. The highest BCUT2D eigenvalue weighted by Gasteiger charge is 2.47. The van der Waals surface area contributed by atoms with Gasteiger partial charge in [-0.25, -0.2) is 0 Å². The van der Waals surface area contributed by atoms with Gasteiger partial charge in [0.1, 0.15) is 6.04 Å². The summed E-state index contributed by atoms with van der Waals surface area (Å²) in [4.78, 5) is 47.5. The summed E-state index contributed by atoms with van der Waals surface area (Å²) in [7, 11) is 0. The van der Waals surface area contributed by atoms with Gasteiger partial charge in [0.05, 0.1) is 11.8 Å². The van der Waals surface area contributed by atoms with Crippen LogP contribution in [0.15, 0.2) is 29.0 Å². The Bertz CT molecular complexity index is 934. The zero-order chi connectivity index (χ0) is 22.0. The number of imide groups is 1. The van der Waals surface area contributed by atoms with Crippen molar-refractivity contribution in [3.8, 4) is 11.4 Å². The first-order valence-electron chi connectivity index (χ1n) is 10.8. The largest absolute Gasteiger partial charge is 0.344 e. The fourth-order valence-electron chi connectivity index (χ4n) is 4.40. The van der Waals surface area contributed by atoms with E-state index in [9.17, 15) is 14.4 Å². The van der Waals surface area contributed by atoms with Crippen molar-refractivity contribution in [3.05, 3.63) is 30.4 Å². The minimum Gasteiger partial charge on any atom is -0.344 e. The summed E-state index contributed by atoms with van der Waals surface area (Å²) in [6, 6.07) is 3.13. The Hall–Kier alpha value is -3.10. The number of fused-ring (bicyclic) bond motifs is 1. The lowest BCUT2D eigenvalue weighted by molar-refractivity contribution is -0.140. The lowest BCUT2D eigenvalue weighted by Crippen LogP contribution is -2.37. The van der Waals surface area contributed by atoms with Crippen LogP contribution in [0, 0.1) is 17.8 Å². The van der Waals surface area contributed by atoms with E-state index in [1.165, 1.54) is 4.90 Å². The predicted octanol–water partition coefficient (Wildman–Crippen LogP) is 2.51. The van der Waals surface area contributed by atoms with Crippen molar-refractivity contribution in [2.24, 2.45) is 17.8 Å². The van der Waals surface area contributed by atoms with Gasteiger partial charge in [0, 0.05) is 30.9 Å². The summed E-state index contributed by atoms with van der Waals surface area (Å²) >= 11 is 0. The van der Waals surface area contributed by atoms with Crippen molar-refractivity contribution in [2.45, 2.75) is 52.0 Å². The van der Waals surface area contributed by atoms with Gasteiger partial charge >= 0.3 is 0 Å². The second-order valence-corrected chi connectivity index (χ2v) is 8.56. The molecule has 3 unspecified atom stereocenters. The third-order valence-electron chi connectivity index (χ3n) is 6.11. The van der Waals surface area contributed by atoms with Crippen LogP contribution in [0.25, 0.3) is 11.4 Å². The molecule has 2 aromatic heterocycles. The Kier molecular flexibility index (Phi) is 6.11. The minimum atomic E-state index is -0.474. The highest BCUT2D eigenvalue weighted by atomic mass is 16.5. The van der Waals surface area contributed by atoms with Crippen molar-refractivity contribution in [1.29, 1.82) is 0 Å². The van der Waals surface area contributed by atoms with Crippen molar-refractivity contribution >= 4 is 17.7 Å². The van der Waals surface area contributed by atoms with E-state index in [-0.39, 0.29) is 48.4 Å². The lowest BCUT2D eigenvalue weighted by atomic mass is 9.81. The second-order valence-electron chi connectivity index (χ2n) is 8.56. The van der Waals surface area contributed by atoms with Crippen LogP contribution in [-0.4, -0.2) is 44.3 Å². The molecule has 3 amide bonds. The minimum absolute atomic E-state index is 0.00377. The number of pyridine rings is 1. The number of nitrogens with one attached hydrogen (secondary N) is 1. The number of hydrogen-bond acceptors (Lipinski definition) is 7. The first-order chi connectivity index (χ1) is 15.0. The zero-order valence-corrected chi connectivity index (χ0v) is 17.8.